The molecule has 0 bridgehead atoms. The van der Waals surface area contributed by atoms with Gasteiger partial charge in [0.2, 0.25) is 0 Å². The number of thiazole rings is 1. The molecule has 0 atom stereocenters. The zero-order valence-corrected chi connectivity index (χ0v) is 13.4. The van der Waals surface area contributed by atoms with Crippen LogP contribution in [0, 0.1) is 6.92 Å². The van der Waals surface area contributed by atoms with Gasteiger partial charge in [0.1, 0.15) is 11.2 Å². The summed E-state index contributed by atoms with van der Waals surface area (Å²) < 4.78 is 0. The lowest BCUT2D eigenvalue weighted by Crippen LogP contribution is -2.57. The molecule has 1 aromatic heterocycles. The molecule has 1 amide bonds. The molecule has 8 heteroatoms. The van der Waals surface area contributed by atoms with Crippen LogP contribution < -0.4 is 10.6 Å². The highest BCUT2D eigenvalue weighted by molar-refractivity contribution is 7.14. The standard InChI is InChI=1S/C15H19N3O4S/c1-10-2-4-11(5-3-10)16-14-17-12(6-23-14)13(22)18-15(7-19,8-20)9-21/h2-6,19-21H,7-9H2,1H3,(H,16,17)(H,18,22). The van der Waals surface area contributed by atoms with Gasteiger partial charge in [0.05, 0.1) is 19.8 Å². The minimum Gasteiger partial charge on any atom is -0.394 e. The molecule has 0 saturated heterocycles. The SMILES string of the molecule is Cc1ccc(Nc2nc(C(=O)NC(CO)(CO)CO)cs2)cc1. The molecular weight excluding hydrogens is 318 g/mol. The number of carbonyl (C=O) groups is 1. The molecule has 0 fully saturated rings. The van der Waals surface area contributed by atoms with Crippen LogP contribution in [0.25, 0.3) is 0 Å². The number of anilines is 2. The van der Waals surface area contributed by atoms with Gasteiger partial charge in [-0.05, 0) is 19.1 Å². The number of hydrogen-bond donors (Lipinski definition) is 5. The molecule has 0 aliphatic carbocycles. The van der Waals surface area contributed by atoms with E-state index in [4.69, 9.17) is 0 Å². The molecule has 2 rings (SSSR count). The highest BCUT2D eigenvalue weighted by Crippen LogP contribution is 2.21. The monoisotopic (exact) mass is 337 g/mol. The first-order valence-electron chi connectivity index (χ1n) is 6.96. The molecule has 2 aromatic rings. The van der Waals surface area contributed by atoms with Crippen molar-refractivity contribution in [3.63, 3.8) is 0 Å². The second-order valence-corrected chi connectivity index (χ2v) is 6.10. The molecule has 5 N–H and O–H groups in total. The molecule has 23 heavy (non-hydrogen) atoms. The summed E-state index contributed by atoms with van der Waals surface area (Å²) in [4.78, 5) is 16.3. The second kappa shape index (κ2) is 7.51. The zero-order valence-electron chi connectivity index (χ0n) is 12.6. The van der Waals surface area contributed by atoms with Gasteiger partial charge >= 0.3 is 0 Å². The largest absolute Gasteiger partial charge is 0.394 e. The maximum atomic E-state index is 12.1. The quantitative estimate of drug-likeness (QED) is 0.506. The smallest absolute Gasteiger partial charge is 0.271 e. The van der Waals surface area contributed by atoms with Gasteiger partial charge in [0.25, 0.3) is 5.91 Å². The highest BCUT2D eigenvalue weighted by Gasteiger charge is 2.31. The summed E-state index contributed by atoms with van der Waals surface area (Å²) in [7, 11) is 0. The van der Waals surface area contributed by atoms with Crippen molar-refractivity contribution in [2.45, 2.75) is 12.5 Å². The third kappa shape index (κ3) is 4.26. The van der Waals surface area contributed by atoms with Gasteiger partial charge in [-0.3, -0.25) is 4.79 Å². The van der Waals surface area contributed by atoms with E-state index in [-0.39, 0.29) is 5.69 Å². The lowest BCUT2D eigenvalue weighted by molar-refractivity contribution is 0.0373. The van der Waals surface area contributed by atoms with Gasteiger partial charge in [-0.1, -0.05) is 17.7 Å². The van der Waals surface area contributed by atoms with Crippen LogP contribution in [0.3, 0.4) is 0 Å². The van der Waals surface area contributed by atoms with Gasteiger partial charge in [0.15, 0.2) is 5.13 Å². The van der Waals surface area contributed by atoms with E-state index in [1.165, 1.54) is 11.3 Å². The molecule has 1 heterocycles. The average molecular weight is 337 g/mol. The number of rotatable bonds is 7. The fourth-order valence-corrected chi connectivity index (χ4v) is 2.48. The van der Waals surface area contributed by atoms with Gasteiger partial charge in [-0.2, -0.15) is 0 Å². The Labute approximate surface area is 137 Å². The number of nitrogens with one attached hydrogen (secondary N) is 2. The maximum absolute atomic E-state index is 12.1. The first-order valence-corrected chi connectivity index (χ1v) is 7.84. The summed E-state index contributed by atoms with van der Waals surface area (Å²) in [5.41, 5.74) is 0.672. The van der Waals surface area contributed by atoms with Crippen molar-refractivity contribution in [3.05, 3.63) is 40.9 Å². The van der Waals surface area contributed by atoms with Gasteiger partial charge < -0.3 is 26.0 Å². The van der Waals surface area contributed by atoms with Gasteiger partial charge in [-0.15, -0.1) is 11.3 Å². The number of aliphatic hydroxyl groups excluding tert-OH is 3. The van der Waals surface area contributed by atoms with Crippen LogP contribution in [-0.4, -0.2) is 51.6 Å². The van der Waals surface area contributed by atoms with Gasteiger partial charge in [-0.25, -0.2) is 4.98 Å². The predicted molar refractivity (Wildman–Crippen MR) is 88.0 cm³/mol. The van der Waals surface area contributed by atoms with Crippen LogP contribution in [0.5, 0.6) is 0 Å². The van der Waals surface area contributed by atoms with Crippen molar-refractivity contribution in [3.8, 4) is 0 Å². The van der Waals surface area contributed by atoms with E-state index >= 15 is 0 Å². The van der Waals surface area contributed by atoms with Crippen LogP contribution in [0.1, 0.15) is 16.1 Å². The number of carbonyl (C=O) groups excluding carboxylic acids is 1. The third-order valence-corrected chi connectivity index (χ3v) is 4.08. The molecule has 1 aromatic carbocycles. The summed E-state index contributed by atoms with van der Waals surface area (Å²) in [5.74, 6) is -0.574. The molecule has 0 spiro atoms. The van der Waals surface area contributed by atoms with Crippen molar-refractivity contribution in [2.24, 2.45) is 0 Å². The summed E-state index contributed by atoms with van der Waals surface area (Å²) >= 11 is 1.26. The van der Waals surface area contributed by atoms with Crippen LogP contribution in [-0.2, 0) is 0 Å². The number of amides is 1. The predicted octanol–water partition coefficient (Wildman–Crippen LogP) is 0.641. The molecule has 0 aliphatic heterocycles. The number of aryl methyl sites for hydroxylation is 1. The fraction of sp³-hybridized carbons (Fsp3) is 0.333. The van der Waals surface area contributed by atoms with Crippen molar-refractivity contribution in [2.75, 3.05) is 25.1 Å². The highest BCUT2D eigenvalue weighted by atomic mass is 32.1. The van der Waals surface area contributed by atoms with Crippen molar-refractivity contribution in [1.82, 2.24) is 10.3 Å². The number of aliphatic hydroxyl groups is 3. The molecule has 7 nitrogen and oxygen atoms in total. The maximum Gasteiger partial charge on any atom is 0.271 e. The van der Waals surface area contributed by atoms with E-state index in [1.807, 2.05) is 31.2 Å². The number of nitrogens with zero attached hydrogens (tertiary/aromatic N) is 1. The summed E-state index contributed by atoms with van der Waals surface area (Å²) in [6.07, 6.45) is 0. The minimum atomic E-state index is -1.47. The van der Waals surface area contributed by atoms with Crippen LogP contribution >= 0.6 is 11.3 Å². The van der Waals surface area contributed by atoms with E-state index in [0.717, 1.165) is 11.3 Å². The Kier molecular flexibility index (Phi) is 5.67. The molecular formula is C15H19N3O4S. The molecule has 0 aliphatic rings. The topological polar surface area (TPSA) is 115 Å². The second-order valence-electron chi connectivity index (χ2n) is 5.24. The number of benzene rings is 1. The minimum absolute atomic E-state index is 0.143. The van der Waals surface area contributed by atoms with E-state index in [9.17, 15) is 20.1 Å². The van der Waals surface area contributed by atoms with Crippen LogP contribution in [0.15, 0.2) is 29.6 Å². The van der Waals surface area contributed by atoms with Crippen molar-refractivity contribution in [1.29, 1.82) is 0 Å². The normalized spacial score (nSPS) is 11.3. The Morgan fingerprint density at radius 2 is 1.78 bits per heavy atom. The fourth-order valence-electron chi connectivity index (χ4n) is 1.77. The first-order chi connectivity index (χ1) is 11.0. The lowest BCUT2D eigenvalue weighted by atomic mass is 10.0. The Hall–Kier alpha value is -2.00. The van der Waals surface area contributed by atoms with E-state index < -0.39 is 31.3 Å². The van der Waals surface area contributed by atoms with Gasteiger partial charge in [0, 0.05) is 11.1 Å². The molecule has 0 unspecified atom stereocenters. The zero-order chi connectivity index (χ0) is 16.9. The lowest BCUT2D eigenvalue weighted by Gasteiger charge is -2.28. The van der Waals surface area contributed by atoms with Crippen LogP contribution in [0.2, 0.25) is 0 Å². The first kappa shape index (κ1) is 17.4. The summed E-state index contributed by atoms with van der Waals surface area (Å²) in [5, 5.41) is 35.3. The van der Waals surface area contributed by atoms with E-state index in [1.54, 1.807) is 5.38 Å². The van der Waals surface area contributed by atoms with Crippen LogP contribution in [0.4, 0.5) is 10.8 Å². The van der Waals surface area contributed by atoms with Crippen molar-refractivity contribution >= 4 is 28.1 Å². The third-order valence-electron chi connectivity index (χ3n) is 3.33. The Morgan fingerprint density at radius 3 is 2.35 bits per heavy atom. The van der Waals surface area contributed by atoms with E-state index in [0.29, 0.717) is 5.13 Å². The summed E-state index contributed by atoms with van der Waals surface area (Å²) in [6, 6.07) is 7.74. The number of aromatic nitrogens is 1. The summed E-state index contributed by atoms with van der Waals surface area (Å²) in [6.45, 7) is 0.254. The van der Waals surface area contributed by atoms with E-state index in [2.05, 4.69) is 15.6 Å². The Bertz CT molecular complexity index is 645. The average Bonchev–Trinajstić information content (AvgIpc) is 3.03. The van der Waals surface area contributed by atoms with Crippen molar-refractivity contribution < 1.29 is 20.1 Å². The Balaban J connectivity index is 2.06. The Morgan fingerprint density at radius 1 is 1.17 bits per heavy atom. The molecule has 0 saturated carbocycles. The molecule has 124 valence electrons. The molecule has 0 radical (unpaired) electrons. The number of hydrogen-bond acceptors (Lipinski definition) is 7.